The maximum atomic E-state index is 13.0. The number of allylic oxidation sites excluding steroid dienone is 3. The summed E-state index contributed by atoms with van der Waals surface area (Å²) < 4.78 is 4.78. The van der Waals surface area contributed by atoms with Gasteiger partial charge >= 0.3 is 11.9 Å². The van der Waals surface area contributed by atoms with Gasteiger partial charge in [0.1, 0.15) is 5.76 Å². The van der Waals surface area contributed by atoms with Gasteiger partial charge in [-0.3, -0.25) is 19.2 Å². The number of esters is 1. The molecular formula is C44H38O9. The van der Waals surface area contributed by atoms with Crippen molar-refractivity contribution in [3.63, 3.8) is 0 Å². The molecule has 0 bridgehead atoms. The molecule has 4 aromatic rings. The quantitative estimate of drug-likeness (QED) is 0.158. The van der Waals surface area contributed by atoms with Gasteiger partial charge in [-0.2, -0.15) is 0 Å². The van der Waals surface area contributed by atoms with Crippen LogP contribution in [0.5, 0.6) is 0 Å². The molecule has 0 spiro atoms. The summed E-state index contributed by atoms with van der Waals surface area (Å²) in [5.74, 6) is -3.76. The van der Waals surface area contributed by atoms with Gasteiger partial charge in [0.25, 0.3) is 0 Å². The Bertz CT molecular complexity index is 2350. The fourth-order valence-corrected chi connectivity index (χ4v) is 7.34. The number of aromatic carboxylic acids is 1. The molecular weight excluding hydrogens is 672 g/mol. The molecule has 0 aliphatic heterocycles. The Balaban J connectivity index is 0.000000188. The minimum atomic E-state index is -1.09. The predicted octanol–water partition coefficient (Wildman–Crippen LogP) is 8.25. The van der Waals surface area contributed by atoms with Gasteiger partial charge in [-0.05, 0) is 77.6 Å². The molecule has 268 valence electrons. The molecule has 0 amide bonds. The summed E-state index contributed by atoms with van der Waals surface area (Å²) in [5.41, 5.74) is 4.80. The molecule has 0 saturated heterocycles. The summed E-state index contributed by atoms with van der Waals surface area (Å²) in [6, 6.07) is 22.6. The minimum Gasteiger partial charge on any atom is -0.506 e. The Kier molecular flexibility index (Phi) is 9.24. The van der Waals surface area contributed by atoms with Crippen LogP contribution in [0, 0.1) is 0 Å². The lowest BCUT2D eigenvalue weighted by Crippen LogP contribution is -2.35. The van der Waals surface area contributed by atoms with E-state index in [4.69, 9.17) is 9.84 Å². The van der Waals surface area contributed by atoms with Crippen molar-refractivity contribution in [1.82, 2.24) is 0 Å². The first-order chi connectivity index (χ1) is 25.0. The average molecular weight is 711 g/mol. The van der Waals surface area contributed by atoms with E-state index in [0.29, 0.717) is 33.4 Å². The normalized spacial score (nSPS) is 16.9. The van der Waals surface area contributed by atoms with Crippen molar-refractivity contribution in [2.24, 2.45) is 0 Å². The Hall–Kier alpha value is -6.22. The number of benzene rings is 4. The fourth-order valence-electron chi connectivity index (χ4n) is 7.34. The molecule has 0 saturated carbocycles. The van der Waals surface area contributed by atoms with Crippen molar-refractivity contribution in [3.8, 4) is 0 Å². The lowest BCUT2D eigenvalue weighted by atomic mass is 9.62. The number of Topliss-reactive ketones (excluding diaryl/α,β-unsaturated/α-hetero) is 4. The first kappa shape index (κ1) is 36.6. The zero-order valence-electron chi connectivity index (χ0n) is 30.2. The van der Waals surface area contributed by atoms with E-state index in [1.807, 2.05) is 6.07 Å². The molecule has 4 aromatic carbocycles. The second-order valence-corrected chi connectivity index (χ2v) is 14.7. The minimum absolute atomic E-state index is 0.0619. The molecule has 0 atom stereocenters. The van der Waals surface area contributed by atoms with Gasteiger partial charge in [0, 0.05) is 39.0 Å². The van der Waals surface area contributed by atoms with Crippen molar-refractivity contribution in [2.75, 3.05) is 7.11 Å². The van der Waals surface area contributed by atoms with Crippen molar-refractivity contribution in [2.45, 2.75) is 58.3 Å². The maximum Gasteiger partial charge on any atom is 0.338 e. The first-order valence-corrected chi connectivity index (χ1v) is 17.1. The zero-order valence-corrected chi connectivity index (χ0v) is 30.2. The van der Waals surface area contributed by atoms with Crippen LogP contribution in [0.2, 0.25) is 0 Å². The van der Waals surface area contributed by atoms with E-state index >= 15 is 0 Å². The number of hydrogen-bond donors (Lipinski definition) is 2. The van der Waals surface area contributed by atoms with Gasteiger partial charge in [0.2, 0.25) is 11.6 Å². The molecule has 7 rings (SSSR count). The fraction of sp³-hybridized carbons (Fsp3) is 0.227. The van der Waals surface area contributed by atoms with Gasteiger partial charge in [-0.25, -0.2) is 9.59 Å². The molecule has 3 aliphatic carbocycles. The molecule has 0 fully saturated rings. The van der Waals surface area contributed by atoms with Crippen molar-refractivity contribution < 1.29 is 43.7 Å². The second kappa shape index (κ2) is 13.4. The molecule has 9 heteroatoms. The van der Waals surface area contributed by atoms with Crippen molar-refractivity contribution in [1.29, 1.82) is 0 Å². The number of ether oxygens (including phenoxy) is 1. The summed E-state index contributed by atoms with van der Waals surface area (Å²) in [6.07, 6.45) is 1.95. The summed E-state index contributed by atoms with van der Waals surface area (Å²) >= 11 is 0. The van der Waals surface area contributed by atoms with Gasteiger partial charge in [-0.15, -0.1) is 0 Å². The highest BCUT2D eigenvalue weighted by Crippen LogP contribution is 2.48. The van der Waals surface area contributed by atoms with Crippen LogP contribution in [0.25, 0.3) is 16.9 Å². The topological polar surface area (TPSA) is 152 Å². The molecule has 0 aromatic heterocycles. The highest BCUT2D eigenvalue weighted by Gasteiger charge is 2.41. The number of carbonyl (C=O) groups excluding carboxylic acids is 5. The zero-order chi connectivity index (χ0) is 38.6. The predicted molar refractivity (Wildman–Crippen MR) is 199 cm³/mol. The average Bonchev–Trinajstić information content (AvgIpc) is 3.15. The molecule has 53 heavy (non-hydrogen) atoms. The maximum absolute atomic E-state index is 13.0. The van der Waals surface area contributed by atoms with Gasteiger partial charge in [-0.1, -0.05) is 82.3 Å². The Labute approximate surface area is 306 Å². The highest BCUT2D eigenvalue weighted by molar-refractivity contribution is 6.62. The van der Waals surface area contributed by atoms with E-state index in [1.54, 1.807) is 61.5 Å². The molecule has 2 N–H and O–H groups in total. The molecule has 0 heterocycles. The van der Waals surface area contributed by atoms with Crippen LogP contribution in [0.3, 0.4) is 0 Å². The van der Waals surface area contributed by atoms with Crippen molar-refractivity contribution in [3.05, 3.63) is 146 Å². The second-order valence-electron chi connectivity index (χ2n) is 14.7. The third-order valence-corrected chi connectivity index (χ3v) is 10.5. The number of aliphatic hydroxyl groups is 1. The third-order valence-electron chi connectivity index (χ3n) is 10.5. The Morgan fingerprint density at radius 1 is 0.623 bits per heavy atom. The smallest absolute Gasteiger partial charge is 0.338 e. The SMILES string of the molecule is CC1(C)CCC(C)(C)c2cc3c(cc21)C(=O)C(=O)C(c1ccc(C(=O)O)cc1)=C3O.COC(=O)c1ccccc1C1=C(C)C(=O)c2ccccc2C1=O. The molecule has 3 aliphatic rings. The van der Waals surface area contributed by atoms with Crippen LogP contribution in [-0.2, 0) is 20.4 Å². The van der Waals surface area contributed by atoms with E-state index in [2.05, 4.69) is 27.7 Å². The Morgan fingerprint density at radius 2 is 1.13 bits per heavy atom. The largest absolute Gasteiger partial charge is 0.506 e. The lowest BCUT2D eigenvalue weighted by Gasteiger charge is -2.42. The van der Waals surface area contributed by atoms with Crippen LogP contribution < -0.4 is 0 Å². The number of hydrogen-bond acceptors (Lipinski definition) is 8. The number of rotatable bonds is 4. The number of fused-ring (bicyclic) bond motifs is 3. The Morgan fingerprint density at radius 3 is 1.68 bits per heavy atom. The van der Waals surface area contributed by atoms with Crippen LogP contribution in [0.4, 0.5) is 0 Å². The lowest BCUT2D eigenvalue weighted by molar-refractivity contribution is -0.110. The van der Waals surface area contributed by atoms with Gasteiger partial charge < -0.3 is 14.9 Å². The van der Waals surface area contributed by atoms with E-state index in [9.17, 15) is 33.9 Å². The first-order valence-electron chi connectivity index (χ1n) is 17.1. The van der Waals surface area contributed by atoms with Crippen LogP contribution in [0.15, 0.2) is 90.5 Å². The van der Waals surface area contributed by atoms with Crippen LogP contribution in [-0.4, -0.2) is 52.4 Å². The van der Waals surface area contributed by atoms with Crippen molar-refractivity contribution >= 4 is 52.0 Å². The number of aliphatic hydroxyl groups excluding tert-OH is 1. The number of carboxylic acids is 1. The number of carboxylic acid groups (broad SMARTS) is 1. The summed E-state index contributed by atoms with van der Waals surface area (Å²) in [4.78, 5) is 74.4. The van der Waals surface area contributed by atoms with Gasteiger partial charge in [0.05, 0.1) is 23.8 Å². The van der Waals surface area contributed by atoms with E-state index in [0.717, 1.165) is 24.0 Å². The number of carbonyl (C=O) groups is 6. The van der Waals surface area contributed by atoms with E-state index in [-0.39, 0.29) is 56.0 Å². The van der Waals surface area contributed by atoms with E-state index in [1.165, 1.54) is 31.4 Å². The van der Waals surface area contributed by atoms with Crippen LogP contribution >= 0.6 is 0 Å². The summed E-state index contributed by atoms with van der Waals surface area (Å²) in [5, 5.41) is 20.1. The molecule has 0 radical (unpaired) electrons. The van der Waals surface area contributed by atoms with Crippen LogP contribution in [0.1, 0.15) is 127 Å². The molecule has 9 nitrogen and oxygen atoms in total. The van der Waals surface area contributed by atoms with E-state index < -0.39 is 23.5 Å². The molecule has 0 unspecified atom stereocenters. The van der Waals surface area contributed by atoms with Gasteiger partial charge in [0.15, 0.2) is 11.6 Å². The summed E-state index contributed by atoms with van der Waals surface area (Å²) in [7, 11) is 1.28. The highest BCUT2D eigenvalue weighted by atomic mass is 16.5. The standard InChI is InChI=1S/C25H24O5.C19H14O4/c1-24(2)9-10-25(3,4)18-12-16-15(11-17(18)24)20(26)19(22(28)21(16)27)13-5-7-14(8-6-13)23(29)30;1-11-16(12-7-3-6-10-15(12)19(22)23-2)18(21)14-9-5-4-8-13(14)17(11)20/h5-8,11-12,26H,9-10H2,1-4H3,(H,29,30);3-10H,1-2H3. The monoisotopic (exact) mass is 710 g/mol. The summed E-state index contributed by atoms with van der Waals surface area (Å²) in [6.45, 7) is 10.2. The number of ketones is 4. The third kappa shape index (κ3) is 6.22. The number of methoxy groups -OCH3 is 1.